The van der Waals surface area contributed by atoms with Crippen molar-refractivity contribution >= 4 is 0 Å². The normalized spacial score (nSPS) is 16.7. The molecule has 0 aliphatic rings. The van der Waals surface area contributed by atoms with Crippen molar-refractivity contribution in [1.29, 1.82) is 0 Å². The van der Waals surface area contributed by atoms with Gasteiger partial charge in [-0.3, -0.25) is 0 Å². The van der Waals surface area contributed by atoms with E-state index in [-0.39, 0.29) is 5.54 Å². The SMILES string of the molecule is CCOCC(C)C(C)CNC(C)(C)C. The maximum atomic E-state index is 5.42. The fraction of sp³-hybridized carbons (Fsp3) is 1.00. The number of hydrogen-bond donors (Lipinski definition) is 1. The van der Waals surface area contributed by atoms with E-state index >= 15 is 0 Å². The summed E-state index contributed by atoms with van der Waals surface area (Å²) in [4.78, 5) is 0. The summed E-state index contributed by atoms with van der Waals surface area (Å²) in [6, 6.07) is 0. The first kappa shape index (κ1) is 13.9. The van der Waals surface area contributed by atoms with Crippen LogP contribution in [0.4, 0.5) is 0 Å². The standard InChI is InChI=1S/C12H27NO/c1-7-14-9-11(3)10(2)8-13-12(4,5)6/h10-11,13H,7-9H2,1-6H3. The van der Waals surface area contributed by atoms with Crippen molar-refractivity contribution in [1.82, 2.24) is 5.32 Å². The van der Waals surface area contributed by atoms with Crippen molar-refractivity contribution in [3.63, 3.8) is 0 Å². The van der Waals surface area contributed by atoms with Crippen LogP contribution in [0.15, 0.2) is 0 Å². The van der Waals surface area contributed by atoms with E-state index in [0.29, 0.717) is 11.8 Å². The fourth-order valence-electron chi connectivity index (χ4n) is 1.14. The minimum Gasteiger partial charge on any atom is -0.381 e. The van der Waals surface area contributed by atoms with Gasteiger partial charge in [-0.05, 0) is 46.1 Å². The smallest absolute Gasteiger partial charge is 0.0494 e. The highest BCUT2D eigenvalue weighted by Gasteiger charge is 2.15. The van der Waals surface area contributed by atoms with Gasteiger partial charge >= 0.3 is 0 Å². The minimum absolute atomic E-state index is 0.222. The number of ether oxygens (including phenoxy) is 1. The van der Waals surface area contributed by atoms with Gasteiger partial charge in [0.25, 0.3) is 0 Å². The van der Waals surface area contributed by atoms with Crippen LogP contribution in [0.5, 0.6) is 0 Å². The molecule has 14 heavy (non-hydrogen) atoms. The lowest BCUT2D eigenvalue weighted by Crippen LogP contribution is -2.40. The summed E-state index contributed by atoms with van der Waals surface area (Å²) in [5, 5.41) is 3.52. The van der Waals surface area contributed by atoms with E-state index in [9.17, 15) is 0 Å². The molecule has 0 saturated heterocycles. The van der Waals surface area contributed by atoms with Gasteiger partial charge in [0.1, 0.15) is 0 Å². The molecule has 0 fully saturated rings. The van der Waals surface area contributed by atoms with Crippen LogP contribution >= 0.6 is 0 Å². The summed E-state index contributed by atoms with van der Waals surface area (Å²) < 4.78 is 5.42. The predicted molar refractivity (Wildman–Crippen MR) is 62.6 cm³/mol. The van der Waals surface area contributed by atoms with Crippen molar-refractivity contribution in [3.05, 3.63) is 0 Å². The first-order valence-corrected chi connectivity index (χ1v) is 5.69. The van der Waals surface area contributed by atoms with E-state index in [1.807, 2.05) is 6.92 Å². The van der Waals surface area contributed by atoms with Gasteiger partial charge in [0.05, 0.1) is 0 Å². The van der Waals surface area contributed by atoms with E-state index in [1.165, 1.54) is 0 Å². The second-order valence-electron chi connectivity index (χ2n) is 5.24. The van der Waals surface area contributed by atoms with Crippen molar-refractivity contribution < 1.29 is 4.74 Å². The Hall–Kier alpha value is -0.0800. The molecular weight excluding hydrogens is 174 g/mol. The zero-order chi connectivity index (χ0) is 11.2. The van der Waals surface area contributed by atoms with Gasteiger partial charge in [0.2, 0.25) is 0 Å². The van der Waals surface area contributed by atoms with Gasteiger partial charge in [-0.25, -0.2) is 0 Å². The Morgan fingerprint density at radius 2 is 1.71 bits per heavy atom. The van der Waals surface area contributed by atoms with Crippen LogP contribution in [0, 0.1) is 11.8 Å². The van der Waals surface area contributed by atoms with E-state index in [0.717, 1.165) is 19.8 Å². The van der Waals surface area contributed by atoms with Crippen LogP contribution < -0.4 is 5.32 Å². The summed E-state index contributed by atoms with van der Waals surface area (Å²) in [5.41, 5.74) is 0.222. The summed E-state index contributed by atoms with van der Waals surface area (Å²) in [6.07, 6.45) is 0. The molecule has 0 spiro atoms. The quantitative estimate of drug-likeness (QED) is 0.713. The van der Waals surface area contributed by atoms with Crippen LogP contribution in [0.3, 0.4) is 0 Å². The van der Waals surface area contributed by atoms with Gasteiger partial charge in [-0.1, -0.05) is 13.8 Å². The zero-order valence-electron chi connectivity index (χ0n) is 10.7. The van der Waals surface area contributed by atoms with Crippen molar-refractivity contribution in [3.8, 4) is 0 Å². The Labute approximate surface area is 89.4 Å². The second kappa shape index (κ2) is 6.41. The first-order chi connectivity index (χ1) is 6.37. The molecule has 0 amide bonds. The third-order valence-corrected chi connectivity index (χ3v) is 2.51. The highest BCUT2D eigenvalue weighted by atomic mass is 16.5. The number of rotatable bonds is 6. The maximum absolute atomic E-state index is 5.42. The van der Waals surface area contributed by atoms with Crippen LogP contribution in [0.1, 0.15) is 41.5 Å². The molecule has 2 unspecified atom stereocenters. The second-order valence-corrected chi connectivity index (χ2v) is 5.24. The maximum Gasteiger partial charge on any atom is 0.0494 e. The average Bonchev–Trinajstić information content (AvgIpc) is 2.09. The Morgan fingerprint density at radius 3 is 2.14 bits per heavy atom. The van der Waals surface area contributed by atoms with E-state index in [2.05, 4.69) is 39.9 Å². The molecule has 0 rings (SSSR count). The molecule has 0 aliphatic carbocycles. The van der Waals surface area contributed by atoms with Crippen LogP contribution in [-0.4, -0.2) is 25.3 Å². The van der Waals surface area contributed by atoms with Gasteiger partial charge in [-0.15, -0.1) is 0 Å². The van der Waals surface area contributed by atoms with Crippen LogP contribution in [0.25, 0.3) is 0 Å². The van der Waals surface area contributed by atoms with Crippen molar-refractivity contribution in [2.75, 3.05) is 19.8 Å². The first-order valence-electron chi connectivity index (χ1n) is 5.69. The summed E-state index contributed by atoms with van der Waals surface area (Å²) in [5.74, 6) is 1.30. The third kappa shape index (κ3) is 7.34. The van der Waals surface area contributed by atoms with E-state index < -0.39 is 0 Å². The molecule has 0 aromatic heterocycles. The largest absolute Gasteiger partial charge is 0.381 e. The van der Waals surface area contributed by atoms with Gasteiger partial charge in [0.15, 0.2) is 0 Å². The monoisotopic (exact) mass is 201 g/mol. The molecule has 2 atom stereocenters. The summed E-state index contributed by atoms with van der Waals surface area (Å²) in [7, 11) is 0. The number of nitrogens with one attached hydrogen (secondary N) is 1. The molecule has 86 valence electrons. The Kier molecular flexibility index (Phi) is 6.38. The molecule has 0 heterocycles. The average molecular weight is 201 g/mol. The molecule has 2 heteroatoms. The minimum atomic E-state index is 0.222. The molecule has 0 radical (unpaired) electrons. The molecule has 1 N–H and O–H groups in total. The molecule has 0 aromatic rings. The highest BCUT2D eigenvalue weighted by Crippen LogP contribution is 2.11. The van der Waals surface area contributed by atoms with Crippen LogP contribution in [0.2, 0.25) is 0 Å². The Morgan fingerprint density at radius 1 is 1.14 bits per heavy atom. The van der Waals surface area contributed by atoms with Crippen molar-refractivity contribution in [2.45, 2.75) is 47.1 Å². The van der Waals surface area contributed by atoms with E-state index in [1.54, 1.807) is 0 Å². The summed E-state index contributed by atoms with van der Waals surface area (Å²) in [6.45, 7) is 16.0. The van der Waals surface area contributed by atoms with Crippen molar-refractivity contribution in [2.24, 2.45) is 11.8 Å². The lowest BCUT2D eigenvalue weighted by molar-refractivity contribution is 0.0948. The Bertz CT molecular complexity index is 140. The molecular formula is C12H27NO. The predicted octanol–water partition coefficient (Wildman–Crippen LogP) is 2.68. The lowest BCUT2D eigenvalue weighted by atomic mass is 9.95. The fourth-order valence-corrected chi connectivity index (χ4v) is 1.14. The molecule has 0 bridgehead atoms. The lowest BCUT2D eigenvalue weighted by Gasteiger charge is -2.26. The van der Waals surface area contributed by atoms with E-state index in [4.69, 9.17) is 4.74 Å². The third-order valence-electron chi connectivity index (χ3n) is 2.51. The van der Waals surface area contributed by atoms with Crippen LogP contribution in [-0.2, 0) is 4.74 Å². The Balaban J connectivity index is 3.67. The number of hydrogen-bond acceptors (Lipinski definition) is 2. The molecule has 0 aromatic carbocycles. The zero-order valence-corrected chi connectivity index (χ0v) is 10.7. The molecule has 0 saturated carbocycles. The molecule has 2 nitrogen and oxygen atoms in total. The van der Waals surface area contributed by atoms with Gasteiger partial charge in [0, 0.05) is 18.8 Å². The summed E-state index contributed by atoms with van der Waals surface area (Å²) >= 11 is 0. The highest BCUT2D eigenvalue weighted by molar-refractivity contribution is 4.73. The van der Waals surface area contributed by atoms with Gasteiger partial charge in [-0.2, -0.15) is 0 Å². The topological polar surface area (TPSA) is 21.3 Å². The van der Waals surface area contributed by atoms with Gasteiger partial charge < -0.3 is 10.1 Å². The molecule has 0 aliphatic heterocycles.